The van der Waals surface area contributed by atoms with E-state index in [4.69, 9.17) is 9.47 Å². The van der Waals surface area contributed by atoms with Crippen LogP contribution >= 0.6 is 0 Å². The summed E-state index contributed by atoms with van der Waals surface area (Å²) in [5.41, 5.74) is -0.408. The van der Waals surface area contributed by atoms with Gasteiger partial charge in [-0.15, -0.1) is 0 Å². The third kappa shape index (κ3) is 5.07. The predicted molar refractivity (Wildman–Crippen MR) is 95.4 cm³/mol. The van der Waals surface area contributed by atoms with Crippen LogP contribution in [0.25, 0.3) is 0 Å². The minimum atomic E-state index is -0.408. The maximum atomic E-state index is 12.3. The summed E-state index contributed by atoms with van der Waals surface area (Å²) in [5.74, 6) is 0.289. The largest absolute Gasteiger partial charge is 0.441 e. The Kier molecular flexibility index (Phi) is 7.07. The fourth-order valence-electron chi connectivity index (χ4n) is 3.40. The van der Waals surface area contributed by atoms with Crippen LogP contribution in [-0.4, -0.2) is 92.3 Å². The summed E-state index contributed by atoms with van der Waals surface area (Å²) in [6, 6.07) is 0. The highest BCUT2D eigenvalue weighted by Crippen LogP contribution is 2.33. The van der Waals surface area contributed by atoms with E-state index in [1.54, 1.807) is 12.0 Å². The third-order valence-corrected chi connectivity index (χ3v) is 5.49. The Balaban J connectivity index is 1.81. The molecular formula is C18H33N3O4. The molecule has 2 aliphatic heterocycles. The van der Waals surface area contributed by atoms with Gasteiger partial charge in [-0.2, -0.15) is 0 Å². The molecule has 2 saturated heterocycles. The molecule has 0 radical (unpaired) electrons. The van der Waals surface area contributed by atoms with Crippen molar-refractivity contribution < 1.29 is 19.1 Å². The first-order valence-electron chi connectivity index (χ1n) is 9.35. The second-order valence-electron chi connectivity index (χ2n) is 7.40. The molecule has 2 heterocycles. The van der Waals surface area contributed by atoms with Crippen molar-refractivity contribution >= 4 is 12.0 Å². The predicted octanol–water partition coefficient (Wildman–Crippen LogP) is 1.42. The monoisotopic (exact) mass is 355 g/mol. The number of nitrogens with zero attached hydrogens (tertiary/aromatic N) is 3. The summed E-state index contributed by atoms with van der Waals surface area (Å²) < 4.78 is 10.8. The van der Waals surface area contributed by atoms with Crippen molar-refractivity contribution in [1.29, 1.82) is 0 Å². The fraction of sp³-hybridized carbons (Fsp3) is 0.889. The van der Waals surface area contributed by atoms with E-state index in [9.17, 15) is 9.59 Å². The Hall–Kier alpha value is -1.34. The van der Waals surface area contributed by atoms with Gasteiger partial charge < -0.3 is 24.2 Å². The van der Waals surface area contributed by atoms with Gasteiger partial charge in [0.25, 0.3) is 0 Å². The first-order valence-corrected chi connectivity index (χ1v) is 9.35. The topological polar surface area (TPSA) is 62.3 Å². The molecule has 0 aromatic heterocycles. The number of hydrogen-bond acceptors (Lipinski definition) is 5. The molecule has 2 amide bonds. The average Bonchev–Trinajstić information content (AvgIpc) is 2.92. The van der Waals surface area contributed by atoms with Crippen LogP contribution < -0.4 is 0 Å². The SMILES string of the molecule is CC[C@H](C)C(=O)N1CCC2(CC1)CN(CCN(C)CCOC)C(=O)O2. The zero-order chi connectivity index (χ0) is 18.4. The van der Waals surface area contributed by atoms with Crippen LogP contribution in [0.3, 0.4) is 0 Å². The standard InChI is InChI=1S/C18H33N3O4/c1-5-15(2)16(22)20-8-6-18(7-9-20)14-21(17(23)25-18)11-10-19(3)12-13-24-4/h15H,5-14H2,1-4H3/t15-/m0/s1. The first-order chi connectivity index (χ1) is 11.9. The molecule has 1 atom stereocenters. The van der Waals surface area contributed by atoms with E-state index in [1.807, 2.05) is 25.8 Å². The van der Waals surface area contributed by atoms with Crippen LogP contribution in [0.5, 0.6) is 0 Å². The molecule has 7 nitrogen and oxygen atoms in total. The Morgan fingerprint density at radius 3 is 2.64 bits per heavy atom. The molecule has 0 bridgehead atoms. The van der Waals surface area contributed by atoms with Crippen molar-refractivity contribution in [3.8, 4) is 0 Å². The Morgan fingerprint density at radius 2 is 2.04 bits per heavy atom. The van der Waals surface area contributed by atoms with E-state index in [1.165, 1.54) is 0 Å². The Bertz CT molecular complexity index is 463. The molecule has 2 rings (SSSR count). The number of hydrogen-bond donors (Lipinski definition) is 0. The second-order valence-corrected chi connectivity index (χ2v) is 7.40. The van der Waals surface area contributed by atoms with Crippen LogP contribution in [0.2, 0.25) is 0 Å². The van der Waals surface area contributed by atoms with Crippen LogP contribution in [0.15, 0.2) is 0 Å². The number of amides is 2. The summed E-state index contributed by atoms with van der Waals surface area (Å²) in [6.45, 7) is 9.00. The third-order valence-electron chi connectivity index (χ3n) is 5.49. The number of carbonyl (C=O) groups excluding carboxylic acids is 2. The van der Waals surface area contributed by atoms with Crippen molar-refractivity contribution in [2.24, 2.45) is 5.92 Å². The van der Waals surface area contributed by atoms with Crippen LogP contribution in [0.1, 0.15) is 33.1 Å². The molecule has 25 heavy (non-hydrogen) atoms. The first kappa shape index (κ1) is 20.0. The highest BCUT2D eigenvalue weighted by atomic mass is 16.6. The van der Waals surface area contributed by atoms with E-state index >= 15 is 0 Å². The molecule has 1 spiro atoms. The highest BCUT2D eigenvalue weighted by Gasteiger charge is 2.47. The van der Waals surface area contributed by atoms with Crippen LogP contribution in [0.4, 0.5) is 4.79 Å². The van der Waals surface area contributed by atoms with Gasteiger partial charge in [0.15, 0.2) is 0 Å². The van der Waals surface area contributed by atoms with Crippen molar-refractivity contribution in [3.05, 3.63) is 0 Å². The molecule has 0 aliphatic carbocycles. The van der Waals surface area contributed by atoms with Gasteiger partial charge in [-0.25, -0.2) is 4.79 Å². The number of piperidine rings is 1. The van der Waals surface area contributed by atoms with E-state index in [2.05, 4.69) is 4.90 Å². The van der Waals surface area contributed by atoms with Crippen molar-refractivity contribution in [2.45, 2.75) is 38.7 Å². The molecule has 0 aromatic rings. The summed E-state index contributed by atoms with van der Waals surface area (Å²) in [4.78, 5) is 30.4. The number of carbonyl (C=O) groups is 2. The Morgan fingerprint density at radius 1 is 1.36 bits per heavy atom. The van der Waals surface area contributed by atoms with E-state index in [0.717, 1.165) is 32.4 Å². The summed E-state index contributed by atoms with van der Waals surface area (Å²) >= 11 is 0. The van der Waals surface area contributed by atoms with Gasteiger partial charge in [-0.3, -0.25) is 4.79 Å². The lowest BCUT2D eigenvalue weighted by molar-refractivity contribution is -0.138. The summed E-state index contributed by atoms with van der Waals surface area (Å²) in [7, 11) is 3.71. The van der Waals surface area contributed by atoms with Gasteiger partial charge in [0.1, 0.15) is 5.60 Å². The number of rotatable bonds is 8. The minimum absolute atomic E-state index is 0.0688. The molecule has 2 aliphatic rings. The number of likely N-dealkylation sites (N-methyl/N-ethyl adjacent to an activating group) is 1. The zero-order valence-corrected chi connectivity index (χ0v) is 16.1. The van der Waals surface area contributed by atoms with Gasteiger partial charge in [-0.05, 0) is 13.5 Å². The van der Waals surface area contributed by atoms with Crippen LogP contribution in [0, 0.1) is 5.92 Å². The van der Waals surface area contributed by atoms with E-state index in [-0.39, 0.29) is 17.9 Å². The molecular weight excluding hydrogens is 322 g/mol. The average molecular weight is 355 g/mol. The van der Waals surface area contributed by atoms with Crippen LogP contribution in [-0.2, 0) is 14.3 Å². The van der Waals surface area contributed by atoms with Crippen molar-refractivity contribution in [3.63, 3.8) is 0 Å². The molecule has 0 unspecified atom stereocenters. The lowest BCUT2D eigenvalue weighted by atomic mass is 9.90. The second kappa shape index (κ2) is 8.85. The molecule has 7 heteroatoms. The van der Waals surface area contributed by atoms with Crippen molar-refractivity contribution in [1.82, 2.24) is 14.7 Å². The van der Waals surface area contributed by atoms with E-state index < -0.39 is 5.60 Å². The minimum Gasteiger partial charge on any atom is -0.441 e. The normalized spacial score (nSPS) is 21.1. The maximum Gasteiger partial charge on any atom is 0.410 e. The Labute approximate surface area is 151 Å². The quantitative estimate of drug-likeness (QED) is 0.659. The van der Waals surface area contributed by atoms with E-state index in [0.29, 0.717) is 32.8 Å². The van der Waals surface area contributed by atoms with Gasteiger partial charge in [0.05, 0.1) is 13.2 Å². The van der Waals surface area contributed by atoms with Crippen molar-refractivity contribution in [2.75, 3.05) is 60.0 Å². The maximum absolute atomic E-state index is 12.3. The van der Waals surface area contributed by atoms with Gasteiger partial charge >= 0.3 is 6.09 Å². The molecule has 0 N–H and O–H groups in total. The lowest BCUT2D eigenvalue weighted by Gasteiger charge is -2.38. The van der Waals surface area contributed by atoms with Gasteiger partial charge in [-0.1, -0.05) is 13.8 Å². The number of ether oxygens (including phenoxy) is 2. The molecule has 144 valence electrons. The smallest absolute Gasteiger partial charge is 0.410 e. The summed E-state index contributed by atoms with van der Waals surface area (Å²) in [5, 5.41) is 0. The summed E-state index contributed by atoms with van der Waals surface area (Å²) in [6.07, 6.45) is 2.11. The molecule has 2 fully saturated rings. The van der Waals surface area contributed by atoms with Gasteiger partial charge in [0.2, 0.25) is 5.91 Å². The number of likely N-dealkylation sites (tertiary alicyclic amines) is 1. The fourth-order valence-corrected chi connectivity index (χ4v) is 3.40. The molecule has 0 saturated carbocycles. The highest BCUT2D eigenvalue weighted by molar-refractivity contribution is 5.78. The number of methoxy groups -OCH3 is 1. The molecule has 0 aromatic carbocycles. The van der Waals surface area contributed by atoms with Gasteiger partial charge in [0, 0.05) is 58.6 Å². The lowest BCUT2D eigenvalue weighted by Crippen LogP contribution is -2.50. The zero-order valence-electron chi connectivity index (χ0n) is 16.1.